The third kappa shape index (κ3) is 3.81. The van der Waals surface area contributed by atoms with E-state index in [9.17, 15) is 13.2 Å². The molecule has 0 spiro atoms. The molecule has 1 saturated carbocycles. The molecule has 0 bridgehead atoms. The van der Waals surface area contributed by atoms with E-state index in [4.69, 9.17) is 0 Å². The fourth-order valence-electron chi connectivity index (χ4n) is 2.31. The van der Waals surface area contributed by atoms with Gasteiger partial charge in [0.2, 0.25) is 0 Å². The number of anilines is 1. The summed E-state index contributed by atoms with van der Waals surface area (Å²) in [6, 6.07) is 2.58. The summed E-state index contributed by atoms with van der Waals surface area (Å²) in [4.78, 5) is 0. The highest BCUT2D eigenvalue weighted by atomic mass is 19.4. The van der Waals surface area contributed by atoms with E-state index in [0.717, 1.165) is 31.7 Å². The van der Waals surface area contributed by atoms with Crippen molar-refractivity contribution in [2.24, 2.45) is 5.41 Å². The van der Waals surface area contributed by atoms with Crippen molar-refractivity contribution < 1.29 is 13.2 Å². The summed E-state index contributed by atoms with van der Waals surface area (Å²) in [5, 5.41) is 9.96. The smallest absolute Gasteiger partial charge is 0.366 e. The number of hydrogen-bond acceptors (Lipinski definition) is 3. The molecule has 0 aromatic carbocycles. The molecular formula is C13H18F3N3. The Kier molecular flexibility index (Phi) is 3.69. The van der Waals surface area contributed by atoms with Gasteiger partial charge in [-0.2, -0.15) is 13.2 Å². The second-order valence-electron chi connectivity index (χ2n) is 5.88. The fourth-order valence-corrected chi connectivity index (χ4v) is 2.31. The zero-order valence-corrected chi connectivity index (χ0v) is 11.1. The molecule has 0 saturated heterocycles. The summed E-state index contributed by atoms with van der Waals surface area (Å²) < 4.78 is 37.0. The Morgan fingerprint density at radius 2 is 1.79 bits per heavy atom. The molecule has 1 N–H and O–H groups in total. The average Bonchev–Trinajstić information content (AvgIpc) is 2.31. The van der Waals surface area contributed by atoms with Crippen molar-refractivity contribution in [3.8, 4) is 0 Å². The van der Waals surface area contributed by atoms with E-state index in [1.54, 1.807) is 0 Å². The van der Waals surface area contributed by atoms with Gasteiger partial charge >= 0.3 is 6.18 Å². The molecule has 1 aromatic rings. The summed E-state index contributed by atoms with van der Waals surface area (Å²) >= 11 is 0. The molecule has 0 aliphatic heterocycles. The highest BCUT2D eigenvalue weighted by Crippen LogP contribution is 2.36. The number of halogens is 3. The van der Waals surface area contributed by atoms with Gasteiger partial charge in [0.05, 0.1) is 0 Å². The fraction of sp³-hybridized carbons (Fsp3) is 0.692. The molecule has 1 aliphatic carbocycles. The molecule has 1 heterocycles. The van der Waals surface area contributed by atoms with E-state index in [1.807, 2.05) is 0 Å². The Labute approximate surface area is 110 Å². The molecular weight excluding hydrogens is 255 g/mol. The lowest BCUT2D eigenvalue weighted by Crippen LogP contribution is -2.30. The van der Waals surface area contributed by atoms with E-state index in [1.165, 1.54) is 6.07 Å². The lowest BCUT2D eigenvalue weighted by atomic mass is 9.75. The first kappa shape index (κ1) is 14.1. The molecule has 0 amide bonds. The van der Waals surface area contributed by atoms with Crippen molar-refractivity contribution in [3.63, 3.8) is 0 Å². The molecule has 1 fully saturated rings. The second-order valence-corrected chi connectivity index (χ2v) is 5.88. The molecule has 0 atom stereocenters. The van der Waals surface area contributed by atoms with Crippen LogP contribution in [0.5, 0.6) is 0 Å². The van der Waals surface area contributed by atoms with Crippen molar-refractivity contribution in [2.75, 3.05) is 5.32 Å². The molecule has 1 aromatic heterocycles. The number of hydrogen-bond donors (Lipinski definition) is 1. The minimum Gasteiger partial charge on any atom is -0.366 e. The minimum absolute atomic E-state index is 0.277. The first-order valence-electron chi connectivity index (χ1n) is 6.44. The standard InChI is InChI=1S/C13H18F3N3/c1-12(2)7-5-9(6-8-12)17-11-4-3-10(18-19-11)13(14,15)16/h3-4,9H,5-8H2,1-2H3,(H,17,19). The second kappa shape index (κ2) is 4.98. The largest absolute Gasteiger partial charge is 0.435 e. The Balaban J connectivity index is 1.94. The number of nitrogens with zero attached hydrogens (tertiary/aromatic N) is 2. The average molecular weight is 273 g/mol. The number of aromatic nitrogens is 2. The number of alkyl halides is 3. The van der Waals surface area contributed by atoms with Crippen LogP contribution in [0.15, 0.2) is 12.1 Å². The zero-order valence-electron chi connectivity index (χ0n) is 11.1. The topological polar surface area (TPSA) is 37.8 Å². The van der Waals surface area contributed by atoms with E-state index in [0.29, 0.717) is 11.2 Å². The lowest BCUT2D eigenvalue weighted by molar-refractivity contribution is -0.141. The van der Waals surface area contributed by atoms with Gasteiger partial charge in [0.25, 0.3) is 0 Å². The van der Waals surface area contributed by atoms with Crippen molar-refractivity contribution in [2.45, 2.75) is 51.7 Å². The monoisotopic (exact) mass is 273 g/mol. The van der Waals surface area contributed by atoms with Gasteiger partial charge in [-0.1, -0.05) is 13.8 Å². The maximum absolute atomic E-state index is 12.3. The molecule has 1 aliphatic rings. The molecule has 0 radical (unpaired) electrons. The quantitative estimate of drug-likeness (QED) is 0.888. The van der Waals surface area contributed by atoms with Crippen LogP contribution >= 0.6 is 0 Å². The Hall–Kier alpha value is -1.33. The summed E-state index contributed by atoms with van der Waals surface area (Å²) in [7, 11) is 0. The van der Waals surface area contributed by atoms with Crippen molar-refractivity contribution in [1.82, 2.24) is 10.2 Å². The predicted molar refractivity (Wildman–Crippen MR) is 66.7 cm³/mol. The van der Waals surface area contributed by atoms with Crippen LogP contribution in [0.2, 0.25) is 0 Å². The normalized spacial score (nSPS) is 20.3. The van der Waals surface area contributed by atoms with Crippen LogP contribution < -0.4 is 5.32 Å². The van der Waals surface area contributed by atoms with Crippen LogP contribution in [0.1, 0.15) is 45.2 Å². The predicted octanol–water partition coefficient (Wildman–Crippen LogP) is 3.88. The van der Waals surface area contributed by atoms with Crippen LogP contribution in [-0.2, 0) is 6.18 Å². The Morgan fingerprint density at radius 3 is 2.26 bits per heavy atom. The van der Waals surface area contributed by atoms with Gasteiger partial charge in [0.1, 0.15) is 5.82 Å². The van der Waals surface area contributed by atoms with Gasteiger partial charge in [-0.3, -0.25) is 0 Å². The summed E-state index contributed by atoms with van der Waals surface area (Å²) in [5.74, 6) is 0.415. The van der Waals surface area contributed by atoms with Crippen molar-refractivity contribution >= 4 is 5.82 Å². The molecule has 3 nitrogen and oxygen atoms in total. The molecule has 6 heteroatoms. The Morgan fingerprint density at radius 1 is 1.16 bits per heavy atom. The highest BCUT2D eigenvalue weighted by Gasteiger charge is 2.33. The summed E-state index contributed by atoms with van der Waals surface area (Å²) in [6.07, 6.45) is -0.191. The van der Waals surface area contributed by atoms with Crippen LogP contribution in [-0.4, -0.2) is 16.2 Å². The van der Waals surface area contributed by atoms with E-state index >= 15 is 0 Å². The van der Waals surface area contributed by atoms with E-state index in [2.05, 4.69) is 29.4 Å². The molecule has 0 unspecified atom stereocenters. The third-order valence-corrected chi connectivity index (χ3v) is 3.65. The van der Waals surface area contributed by atoms with E-state index in [-0.39, 0.29) is 6.04 Å². The van der Waals surface area contributed by atoms with Crippen LogP contribution in [0.4, 0.5) is 19.0 Å². The van der Waals surface area contributed by atoms with Gasteiger partial charge in [0.15, 0.2) is 5.69 Å². The molecule has 106 valence electrons. The van der Waals surface area contributed by atoms with Crippen LogP contribution in [0.25, 0.3) is 0 Å². The zero-order chi connectivity index (χ0) is 14.1. The van der Waals surface area contributed by atoms with E-state index < -0.39 is 11.9 Å². The molecule has 2 rings (SSSR count). The van der Waals surface area contributed by atoms with Gasteiger partial charge < -0.3 is 5.32 Å². The first-order chi connectivity index (χ1) is 8.76. The van der Waals surface area contributed by atoms with Crippen LogP contribution in [0.3, 0.4) is 0 Å². The summed E-state index contributed by atoms with van der Waals surface area (Å²) in [6.45, 7) is 4.47. The minimum atomic E-state index is -4.43. The molecule has 19 heavy (non-hydrogen) atoms. The highest BCUT2D eigenvalue weighted by molar-refractivity contribution is 5.34. The number of nitrogens with one attached hydrogen (secondary N) is 1. The van der Waals surface area contributed by atoms with Crippen molar-refractivity contribution in [3.05, 3.63) is 17.8 Å². The maximum Gasteiger partial charge on any atom is 0.435 e. The Bertz CT molecular complexity index is 416. The van der Waals surface area contributed by atoms with Gasteiger partial charge in [0, 0.05) is 6.04 Å². The SMILES string of the molecule is CC1(C)CCC(Nc2ccc(C(F)(F)F)nn2)CC1. The van der Waals surface area contributed by atoms with Gasteiger partial charge in [-0.05, 0) is 43.2 Å². The first-order valence-corrected chi connectivity index (χ1v) is 6.44. The lowest BCUT2D eigenvalue weighted by Gasteiger charge is -2.34. The van der Waals surface area contributed by atoms with Gasteiger partial charge in [-0.15, -0.1) is 10.2 Å². The summed E-state index contributed by atoms with van der Waals surface area (Å²) in [5.41, 5.74) is -0.591. The van der Waals surface area contributed by atoms with Crippen LogP contribution in [0, 0.1) is 5.41 Å². The number of rotatable bonds is 2. The van der Waals surface area contributed by atoms with Crippen molar-refractivity contribution in [1.29, 1.82) is 0 Å². The maximum atomic E-state index is 12.3. The third-order valence-electron chi connectivity index (χ3n) is 3.65. The van der Waals surface area contributed by atoms with Gasteiger partial charge in [-0.25, -0.2) is 0 Å².